The van der Waals surface area contributed by atoms with E-state index in [0.29, 0.717) is 24.2 Å². The van der Waals surface area contributed by atoms with Gasteiger partial charge in [0.15, 0.2) is 5.96 Å². The molecular weight excluding hydrogens is 501 g/mol. The van der Waals surface area contributed by atoms with Crippen molar-refractivity contribution in [3.63, 3.8) is 0 Å². The lowest BCUT2D eigenvalue weighted by Gasteiger charge is -2.20. The molecule has 2 aromatic rings. The normalized spacial score (nSPS) is 16.4. The van der Waals surface area contributed by atoms with Gasteiger partial charge in [0, 0.05) is 39.0 Å². The number of rotatable bonds is 7. The van der Waals surface area contributed by atoms with Crippen LogP contribution < -0.4 is 15.5 Å². The monoisotopic (exact) mass is 529 g/mol. The first-order valence-corrected chi connectivity index (χ1v) is 10.0. The van der Waals surface area contributed by atoms with Gasteiger partial charge in [0.05, 0.1) is 18.2 Å². The van der Waals surface area contributed by atoms with E-state index >= 15 is 0 Å². The van der Waals surface area contributed by atoms with E-state index in [-0.39, 0.29) is 24.0 Å². The smallest absolute Gasteiger partial charge is 0.191 e. The minimum atomic E-state index is 0. The molecule has 1 unspecified atom stereocenters. The van der Waals surface area contributed by atoms with Crippen LogP contribution in [0.2, 0.25) is 5.02 Å². The molecule has 29 heavy (non-hydrogen) atoms. The van der Waals surface area contributed by atoms with Gasteiger partial charge in [0.1, 0.15) is 5.82 Å². The topological polar surface area (TPSA) is 61.8 Å². The van der Waals surface area contributed by atoms with Crippen molar-refractivity contribution < 1.29 is 4.74 Å². The first kappa shape index (κ1) is 23.7. The van der Waals surface area contributed by atoms with Gasteiger partial charge in [-0.25, -0.2) is 9.98 Å². The molecular formula is C21H29ClIN5O. The van der Waals surface area contributed by atoms with E-state index in [1.54, 1.807) is 13.3 Å². The van der Waals surface area contributed by atoms with E-state index < -0.39 is 0 Å². The molecule has 3 rings (SSSR count). The first-order chi connectivity index (χ1) is 13.7. The van der Waals surface area contributed by atoms with Crippen LogP contribution in [0.4, 0.5) is 5.82 Å². The number of hydrogen-bond acceptors (Lipinski definition) is 4. The second-order valence-corrected chi connectivity index (χ2v) is 7.24. The average Bonchev–Trinajstić information content (AvgIpc) is 3.16. The highest BCUT2D eigenvalue weighted by Gasteiger charge is 2.25. The molecule has 2 N–H and O–H groups in total. The fraction of sp³-hybridized carbons (Fsp3) is 0.429. The van der Waals surface area contributed by atoms with Gasteiger partial charge in [0.2, 0.25) is 0 Å². The molecule has 0 saturated carbocycles. The summed E-state index contributed by atoms with van der Waals surface area (Å²) >= 11 is 6.29. The van der Waals surface area contributed by atoms with Crippen LogP contribution in [0, 0.1) is 0 Å². The minimum Gasteiger partial charge on any atom is -0.380 e. The Morgan fingerprint density at radius 3 is 2.72 bits per heavy atom. The lowest BCUT2D eigenvalue weighted by atomic mass is 10.1. The number of ether oxygens (including phenoxy) is 1. The van der Waals surface area contributed by atoms with Gasteiger partial charge in [-0.15, -0.1) is 24.0 Å². The highest BCUT2D eigenvalue weighted by Crippen LogP contribution is 2.25. The fourth-order valence-electron chi connectivity index (χ4n) is 3.27. The number of aromatic nitrogens is 1. The maximum absolute atomic E-state index is 6.29. The Balaban J connectivity index is 0.00000300. The third kappa shape index (κ3) is 7.01. The highest BCUT2D eigenvalue weighted by molar-refractivity contribution is 14.0. The van der Waals surface area contributed by atoms with Crippen LogP contribution in [0.3, 0.4) is 0 Å². The van der Waals surface area contributed by atoms with Crippen LogP contribution in [0.15, 0.2) is 47.6 Å². The van der Waals surface area contributed by atoms with Crippen molar-refractivity contribution in [2.45, 2.75) is 32.5 Å². The maximum atomic E-state index is 6.29. The van der Waals surface area contributed by atoms with E-state index in [9.17, 15) is 0 Å². The van der Waals surface area contributed by atoms with Gasteiger partial charge < -0.3 is 20.3 Å². The molecule has 8 heteroatoms. The predicted molar refractivity (Wildman–Crippen MR) is 130 cm³/mol. The van der Waals surface area contributed by atoms with Crippen LogP contribution in [0.25, 0.3) is 0 Å². The van der Waals surface area contributed by atoms with Gasteiger partial charge in [-0.3, -0.25) is 0 Å². The summed E-state index contributed by atoms with van der Waals surface area (Å²) in [5.41, 5.74) is 2.34. The van der Waals surface area contributed by atoms with Gasteiger partial charge in [-0.05, 0) is 36.6 Å². The molecule has 6 nitrogen and oxygen atoms in total. The van der Waals surface area contributed by atoms with Crippen LogP contribution in [0.1, 0.15) is 24.5 Å². The largest absolute Gasteiger partial charge is 0.380 e. The summed E-state index contributed by atoms with van der Waals surface area (Å²) in [5, 5.41) is 7.58. The SMILES string of the molecule is CCNC(=NCc1ccc(COC)cc1)NC1CCN(c2ncccc2Cl)C1.I. The van der Waals surface area contributed by atoms with Crippen molar-refractivity contribution in [3.8, 4) is 0 Å². The molecule has 1 atom stereocenters. The van der Waals surface area contributed by atoms with E-state index in [4.69, 9.17) is 21.3 Å². The zero-order chi connectivity index (χ0) is 19.8. The number of hydrogen-bond donors (Lipinski definition) is 2. The standard InChI is InChI=1S/C21H28ClN5O.HI/c1-3-23-21(25-13-16-6-8-17(9-7-16)15-28-2)26-18-10-12-27(14-18)20-19(22)5-4-11-24-20;/h4-9,11,18H,3,10,12-15H2,1-2H3,(H2,23,25,26);1H. The van der Waals surface area contributed by atoms with Crippen molar-refractivity contribution in [2.24, 2.45) is 4.99 Å². The summed E-state index contributed by atoms with van der Waals surface area (Å²) in [6.45, 7) is 5.94. The molecule has 1 aliphatic heterocycles. The summed E-state index contributed by atoms with van der Waals surface area (Å²) < 4.78 is 5.16. The van der Waals surface area contributed by atoms with Crippen molar-refractivity contribution in [1.82, 2.24) is 15.6 Å². The summed E-state index contributed by atoms with van der Waals surface area (Å²) in [7, 11) is 1.71. The molecule has 1 fully saturated rings. The molecule has 0 aliphatic carbocycles. The second-order valence-electron chi connectivity index (χ2n) is 6.83. The van der Waals surface area contributed by atoms with Crippen LogP contribution in [0.5, 0.6) is 0 Å². The molecule has 1 aliphatic rings. The third-order valence-electron chi connectivity index (χ3n) is 4.67. The van der Waals surface area contributed by atoms with E-state index in [2.05, 4.69) is 51.7 Å². The third-order valence-corrected chi connectivity index (χ3v) is 4.96. The number of guanidine groups is 1. The number of halogens is 2. The quantitative estimate of drug-likeness (QED) is 0.324. The van der Waals surface area contributed by atoms with Crippen LogP contribution >= 0.6 is 35.6 Å². The summed E-state index contributed by atoms with van der Waals surface area (Å²) in [6.07, 6.45) is 2.80. The van der Waals surface area contributed by atoms with Gasteiger partial charge in [-0.1, -0.05) is 35.9 Å². The lowest BCUT2D eigenvalue weighted by Crippen LogP contribution is -2.44. The van der Waals surface area contributed by atoms with Crippen LogP contribution in [-0.2, 0) is 17.9 Å². The van der Waals surface area contributed by atoms with Gasteiger partial charge >= 0.3 is 0 Å². The highest BCUT2D eigenvalue weighted by atomic mass is 127. The number of aliphatic imine (C=N–C) groups is 1. The Kier molecular flexibility index (Phi) is 9.96. The average molecular weight is 530 g/mol. The van der Waals surface area contributed by atoms with Crippen molar-refractivity contribution in [2.75, 3.05) is 31.6 Å². The van der Waals surface area contributed by atoms with Crippen molar-refractivity contribution >= 4 is 47.4 Å². The van der Waals surface area contributed by atoms with E-state index in [0.717, 1.165) is 37.8 Å². The Bertz CT molecular complexity index is 787. The van der Waals surface area contributed by atoms with E-state index in [1.807, 2.05) is 12.1 Å². The molecule has 2 heterocycles. The predicted octanol–water partition coefficient (Wildman–Crippen LogP) is 3.83. The lowest BCUT2D eigenvalue weighted by molar-refractivity contribution is 0.185. The molecule has 1 saturated heterocycles. The molecule has 158 valence electrons. The number of pyridine rings is 1. The van der Waals surface area contributed by atoms with Gasteiger partial charge in [0.25, 0.3) is 0 Å². The Morgan fingerprint density at radius 1 is 1.28 bits per heavy atom. The van der Waals surface area contributed by atoms with Gasteiger partial charge in [-0.2, -0.15) is 0 Å². The molecule has 0 radical (unpaired) electrons. The summed E-state index contributed by atoms with van der Waals surface area (Å²) in [6, 6.07) is 12.4. The molecule has 1 aromatic heterocycles. The van der Waals surface area contributed by atoms with Crippen molar-refractivity contribution in [3.05, 3.63) is 58.7 Å². The fourth-order valence-corrected chi connectivity index (χ4v) is 3.51. The zero-order valence-corrected chi connectivity index (χ0v) is 20.0. The molecule has 0 amide bonds. The molecule has 0 bridgehead atoms. The Labute approximate surface area is 195 Å². The summed E-state index contributed by atoms with van der Waals surface area (Å²) in [4.78, 5) is 11.4. The zero-order valence-electron chi connectivity index (χ0n) is 16.9. The van der Waals surface area contributed by atoms with Crippen LogP contribution in [-0.4, -0.2) is 43.7 Å². The Hall–Kier alpha value is -1.58. The number of nitrogens with one attached hydrogen (secondary N) is 2. The molecule has 1 aromatic carbocycles. The first-order valence-electron chi connectivity index (χ1n) is 9.66. The number of methoxy groups -OCH3 is 1. The molecule has 0 spiro atoms. The number of anilines is 1. The summed E-state index contributed by atoms with van der Waals surface area (Å²) in [5.74, 6) is 1.69. The minimum absolute atomic E-state index is 0. The van der Waals surface area contributed by atoms with E-state index in [1.165, 1.54) is 11.1 Å². The number of nitrogens with zero attached hydrogens (tertiary/aromatic N) is 3. The second kappa shape index (κ2) is 12.2. The number of benzene rings is 1. The maximum Gasteiger partial charge on any atom is 0.191 e. The van der Waals surface area contributed by atoms with Crippen molar-refractivity contribution in [1.29, 1.82) is 0 Å². The Morgan fingerprint density at radius 2 is 2.03 bits per heavy atom.